The Morgan fingerprint density at radius 2 is 2.31 bits per heavy atom. The SMILES string of the molecule is CC(CN)N(C)c1noc2c(F)cccc12. The third kappa shape index (κ3) is 1.63. The Bertz CT molecular complexity index is 497. The zero-order valence-electron chi connectivity index (χ0n) is 9.27. The van der Waals surface area contributed by atoms with Gasteiger partial charge in [-0.25, -0.2) is 4.39 Å². The minimum atomic E-state index is -0.398. The minimum absolute atomic E-state index is 0.122. The van der Waals surface area contributed by atoms with Crippen LogP contribution in [0.2, 0.25) is 0 Å². The summed E-state index contributed by atoms with van der Waals surface area (Å²) in [7, 11) is 1.86. The predicted octanol–water partition coefficient (Wildman–Crippen LogP) is 1.75. The number of fused-ring (bicyclic) bond motifs is 1. The lowest BCUT2D eigenvalue weighted by Crippen LogP contribution is -2.35. The second-order valence-electron chi connectivity index (χ2n) is 3.82. The van der Waals surface area contributed by atoms with E-state index >= 15 is 0 Å². The highest BCUT2D eigenvalue weighted by molar-refractivity contribution is 5.88. The van der Waals surface area contributed by atoms with Crippen LogP contribution < -0.4 is 10.6 Å². The van der Waals surface area contributed by atoms with Gasteiger partial charge in [-0.15, -0.1) is 0 Å². The zero-order chi connectivity index (χ0) is 11.7. The van der Waals surface area contributed by atoms with E-state index < -0.39 is 5.82 Å². The number of hydrogen-bond donors (Lipinski definition) is 1. The van der Waals surface area contributed by atoms with Crippen LogP contribution in [0.15, 0.2) is 22.7 Å². The second kappa shape index (κ2) is 4.09. The molecule has 16 heavy (non-hydrogen) atoms. The van der Waals surface area contributed by atoms with E-state index in [9.17, 15) is 4.39 Å². The molecule has 0 aliphatic carbocycles. The molecule has 0 saturated heterocycles. The van der Waals surface area contributed by atoms with Gasteiger partial charge in [0.15, 0.2) is 11.6 Å². The normalized spacial score (nSPS) is 13.0. The molecule has 2 rings (SSSR count). The topological polar surface area (TPSA) is 55.3 Å². The minimum Gasteiger partial charge on any atom is -0.352 e. The molecule has 4 nitrogen and oxygen atoms in total. The van der Waals surface area contributed by atoms with Crippen molar-refractivity contribution in [2.45, 2.75) is 13.0 Å². The average molecular weight is 223 g/mol. The Kier molecular flexibility index (Phi) is 2.78. The van der Waals surface area contributed by atoms with Crippen molar-refractivity contribution in [3.63, 3.8) is 0 Å². The molecule has 0 spiro atoms. The summed E-state index contributed by atoms with van der Waals surface area (Å²) in [6.07, 6.45) is 0. The fourth-order valence-corrected chi connectivity index (χ4v) is 1.54. The lowest BCUT2D eigenvalue weighted by molar-refractivity contribution is 0.438. The van der Waals surface area contributed by atoms with Crippen LogP contribution >= 0.6 is 0 Å². The van der Waals surface area contributed by atoms with Crippen LogP contribution in [0, 0.1) is 5.82 Å². The van der Waals surface area contributed by atoms with Crippen LogP contribution in [0.4, 0.5) is 10.2 Å². The van der Waals surface area contributed by atoms with E-state index in [0.29, 0.717) is 17.7 Å². The number of halogens is 1. The van der Waals surface area contributed by atoms with Crippen LogP contribution in [0.1, 0.15) is 6.92 Å². The molecule has 2 aromatic rings. The second-order valence-corrected chi connectivity index (χ2v) is 3.82. The number of para-hydroxylation sites is 1. The van der Waals surface area contributed by atoms with Crippen molar-refractivity contribution < 1.29 is 8.91 Å². The number of nitrogens with two attached hydrogens (primary N) is 1. The highest BCUT2D eigenvalue weighted by Gasteiger charge is 2.17. The van der Waals surface area contributed by atoms with Gasteiger partial charge in [0, 0.05) is 19.6 Å². The fourth-order valence-electron chi connectivity index (χ4n) is 1.54. The highest BCUT2D eigenvalue weighted by atomic mass is 19.1. The summed E-state index contributed by atoms with van der Waals surface area (Å²) in [5.74, 6) is 0.220. The number of hydrogen-bond acceptors (Lipinski definition) is 4. The number of anilines is 1. The maximum atomic E-state index is 13.4. The predicted molar refractivity (Wildman–Crippen MR) is 60.9 cm³/mol. The standard InChI is InChI=1S/C11H14FN3O/c1-7(6-13)15(2)11-8-4-3-5-9(12)10(8)16-14-11/h3-5,7H,6,13H2,1-2H3. The molecule has 2 N–H and O–H groups in total. The molecule has 1 unspecified atom stereocenters. The van der Waals surface area contributed by atoms with Crippen molar-refractivity contribution in [1.29, 1.82) is 0 Å². The molecule has 86 valence electrons. The first kappa shape index (κ1) is 10.9. The van der Waals surface area contributed by atoms with E-state index in [0.717, 1.165) is 0 Å². The Labute approximate surface area is 92.8 Å². The van der Waals surface area contributed by atoms with Gasteiger partial charge < -0.3 is 15.2 Å². The first-order chi connectivity index (χ1) is 7.65. The summed E-state index contributed by atoms with van der Waals surface area (Å²) in [5, 5.41) is 4.55. The fraction of sp³-hybridized carbons (Fsp3) is 0.364. The molecule has 1 aromatic heterocycles. The highest BCUT2D eigenvalue weighted by Crippen LogP contribution is 2.27. The quantitative estimate of drug-likeness (QED) is 0.861. The summed E-state index contributed by atoms with van der Waals surface area (Å²) in [4.78, 5) is 1.88. The van der Waals surface area contributed by atoms with Crippen LogP contribution in [0.25, 0.3) is 11.0 Å². The Morgan fingerprint density at radius 1 is 1.56 bits per heavy atom. The van der Waals surface area contributed by atoms with Crippen molar-refractivity contribution in [3.05, 3.63) is 24.0 Å². The number of aromatic nitrogens is 1. The maximum Gasteiger partial charge on any atom is 0.204 e. The van der Waals surface area contributed by atoms with Crippen molar-refractivity contribution in [2.75, 3.05) is 18.5 Å². The lowest BCUT2D eigenvalue weighted by Gasteiger charge is -2.22. The Hall–Kier alpha value is -1.62. The van der Waals surface area contributed by atoms with E-state index in [4.69, 9.17) is 10.3 Å². The van der Waals surface area contributed by atoms with E-state index in [2.05, 4.69) is 5.16 Å². The number of likely N-dealkylation sites (N-methyl/N-ethyl adjacent to an activating group) is 1. The molecule has 1 atom stereocenters. The summed E-state index contributed by atoms with van der Waals surface area (Å²) < 4.78 is 18.4. The van der Waals surface area contributed by atoms with Gasteiger partial charge in [-0.1, -0.05) is 11.2 Å². The molecule has 0 aliphatic heterocycles. The number of rotatable bonds is 3. The van der Waals surface area contributed by atoms with E-state index in [1.54, 1.807) is 12.1 Å². The molecule has 0 amide bonds. The monoisotopic (exact) mass is 223 g/mol. The van der Waals surface area contributed by atoms with Gasteiger partial charge in [0.2, 0.25) is 5.58 Å². The first-order valence-corrected chi connectivity index (χ1v) is 5.12. The van der Waals surface area contributed by atoms with Crippen LogP contribution in [0.3, 0.4) is 0 Å². The van der Waals surface area contributed by atoms with Crippen LogP contribution in [-0.2, 0) is 0 Å². The smallest absolute Gasteiger partial charge is 0.204 e. The summed E-state index contributed by atoms with van der Waals surface area (Å²) in [6.45, 7) is 2.47. The molecule has 5 heteroatoms. The van der Waals surface area contributed by atoms with Gasteiger partial charge in [0.25, 0.3) is 0 Å². The van der Waals surface area contributed by atoms with Crippen molar-refractivity contribution in [3.8, 4) is 0 Å². The summed E-state index contributed by atoms with van der Waals surface area (Å²) in [6, 6.07) is 4.89. The molecule has 0 radical (unpaired) electrons. The van der Waals surface area contributed by atoms with Gasteiger partial charge in [-0.3, -0.25) is 0 Å². The number of nitrogens with zero attached hydrogens (tertiary/aromatic N) is 2. The van der Waals surface area contributed by atoms with E-state index in [1.807, 2.05) is 18.9 Å². The average Bonchev–Trinajstić information content (AvgIpc) is 2.72. The van der Waals surface area contributed by atoms with Crippen molar-refractivity contribution in [2.24, 2.45) is 5.73 Å². The molecule has 0 saturated carbocycles. The van der Waals surface area contributed by atoms with Crippen molar-refractivity contribution >= 4 is 16.8 Å². The lowest BCUT2D eigenvalue weighted by atomic mass is 10.2. The molecule has 0 bridgehead atoms. The molecule has 1 heterocycles. The third-order valence-electron chi connectivity index (χ3n) is 2.77. The number of benzene rings is 1. The van der Waals surface area contributed by atoms with Gasteiger partial charge in [0.05, 0.1) is 5.39 Å². The van der Waals surface area contributed by atoms with Gasteiger partial charge in [-0.05, 0) is 19.1 Å². The Balaban J connectivity index is 2.50. The van der Waals surface area contributed by atoms with Gasteiger partial charge in [-0.2, -0.15) is 0 Å². The summed E-state index contributed by atoms with van der Waals surface area (Å²) >= 11 is 0. The van der Waals surface area contributed by atoms with Gasteiger partial charge in [0.1, 0.15) is 0 Å². The molecular weight excluding hydrogens is 209 g/mol. The van der Waals surface area contributed by atoms with Crippen LogP contribution in [-0.4, -0.2) is 24.8 Å². The van der Waals surface area contributed by atoms with E-state index in [-0.39, 0.29) is 11.6 Å². The molecule has 0 aliphatic rings. The van der Waals surface area contributed by atoms with E-state index in [1.165, 1.54) is 6.07 Å². The molecule has 0 fully saturated rings. The third-order valence-corrected chi connectivity index (χ3v) is 2.77. The Morgan fingerprint density at radius 3 is 3.00 bits per heavy atom. The first-order valence-electron chi connectivity index (χ1n) is 5.12. The molecule has 1 aromatic carbocycles. The van der Waals surface area contributed by atoms with Crippen LogP contribution in [0.5, 0.6) is 0 Å². The zero-order valence-corrected chi connectivity index (χ0v) is 9.27. The summed E-state index contributed by atoms with van der Waals surface area (Å²) in [5.41, 5.74) is 5.77. The van der Waals surface area contributed by atoms with Crippen molar-refractivity contribution in [1.82, 2.24) is 5.16 Å². The maximum absolute atomic E-state index is 13.4. The largest absolute Gasteiger partial charge is 0.352 e. The van der Waals surface area contributed by atoms with Gasteiger partial charge >= 0.3 is 0 Å². The molecular formula is C11H14FN3O.